The van der Waals surface area contributed by atoms with Crippen molar-refractivity contribution in [1.29, 1.82) is 5.26 Å². The first kappa shape index (κ1) is 23.3. The summed E-state index contributed by atoms with van der Waals surface area (Å²) in [5.41, 5.74) is 3.28. The minimum Gasteiger partial charge on any atom is -0.316 e. The molecule has 0 aliphatic carbocycles. The highest BCUT2D eigenvalue weighted by Gasteiger charge is 2.25. The van der Waals surface area contributed by atoms with Crippen LogP contribution < -0.4 is 5.32 Å². The lowest BCUT2D eigenvalue weighted by Gasteiger charge is -2.26. The van der Waals surface area contributed by atoms with E-state index < -0.39 is 9.93 Å². The molecule has 0 unspecified atom stereocenters. The maximum absolute atomic E-state index is 13.5. The summed E-state index contributed by atoms with van der Waals surface area (Å²) in [7, 11) is -2.33. The van der Waals surface area contributed by atoms with Crippen LogP contribution in [0.4, 0.5) is 9.39 Å². The Kier molecular flexibility index (Phi) is 6.75. The maximum Gasteiger partial charge on any atom is 0.229 e. The predicted octanol–water partition coefficient (Wildman–Crippen LogP) is 4.13. The van der Waals surface area contributed by atoms with Crippen LogP contribution in [0.5, 0.6) is 0 Å². The van der Waals surface area contributed by atoms with Gasteiger partial charge in [0.2, 0.25) is 5.91 Å². The van der Waals surface area contributed by atoms with E-state index in [0.717, 1.165) is 39.4 Å². The first-order valence-electron chi connectivity index (χ1n) is 10.7. The number of halogens is 1. The van der Waals surface area contributed by atoms with Gasteiger partial charge in [-0.1, -0.05) is 34.2 Å². The van der Waals surface area contributed by atoms with Gasteiger partial charge in [-0.05, 0) is 59.9 Å². The molecule has 1 aliphatic rings. The number of thiol groups is 1. The predicted molar refractivity (Wildman–Crippen MR) is 132 cm³/mol. The Morgan fingerprint density at radius 3 is 2.64 bits per heavy atom. The fourth-order valence-corrected chi connectivity index (χ4v) is 6.14. The summed E-state index contributed by atoms with van der Waals surface area (Å²) in [6.45, 7) is 2.07. The fraction of sp³-hybridized carbons (Fsp3) is 0.280. The normalized spacial score (nSPS) is 14.4. The Balaban J connectivity index is 1.44. The zero-order valence-corrected chi connectivity index (χ0v) is 20.3. The van der Waals surface area contributed by atoms with Gasteiger partial charge in [-0.3, -0.25) is 13.9 Å². The van der Waals surface area contributed by atoms with E-state index in [1.165, 1.54) is 17.4 Å². The average molecular weight is 484 g/mol. The van der Waals surface area contributed by atoms with Crippen molar-refractivity contribution in [1.82, 2.24) is 4.90 Å². The Labute approximate surface area is 198 Å². The van der Waals surface area contributed by atoms with E-state index >= 15 is 0 Å². The van der Waals surface area contributed by atoms with Gasteiger partial charge in [0.05, 0.1) is 12.0 Å². The van der Waals surface area contributed by atoms with Crippen LogP contribution in [0.2, 0.25) is 0 Å². The first-order chi connectivity index (χ1) is 15.7. The van der Waals surface area contributed by atoms with E-state index in [4.69, 9.17) is 0 Å². The van der Waals surface area contributed by atoms with Crippen molar-refractivity contribution < 1.29 is 13.4 Å². The van der Waals surface area contributed by atoms with Gasteiger partial charge >= 0.3 is 0 Å². The molecular weight excluding hydrogens is 457 g/mol. The lowest BCUT2D eigenvalue weighted by molar-refractivity contribution is -0.115. The quantitative estimate of drug-likeness (QED) is 0.517. The molecule has 0 fully saturated rings. The average Bonchev–Trinajstić information content (AvgIpc) is 3.09. The van der Waals surface area contributed by atoms with Crippen molar-refractivity contribution in [3.8, 4) is 6.07 Å². The number of nitriles is 1. The largest absolute Gasteiger partial charge is 0.316 e. The molecule has 4 rings (SSSR count). The fourth-order valence-electron chi connectivity index (χ4n) is 4.02. The van der Waals surface area contributed by atoms with Crippen molar-refractivity contribution in [2.75, 3.05) is 24.4 Å². The molecule has 0 atom stereocenters. The third-order valence-electron chi connectivity index (χ3n) is 5.72. The van der Waals surface area contributed by atoms with Gasteiger partial charge in [-0.15, -0.1) is 11.3 Å². The third-order valence-corrected chi connectivity index (χ3v) is 8.39. The van der Waals surface area contributed by atoms with Gasteiger partial charge in [0, 0.05) is 29.4 Å². The topological polar surface area (TPSA) is 73.2 Å². The van der Waals surface area contributed by atoms with Gasteiger partial charge in [0.1, 0.15) is 16.9 Å². The molecule has 1 N–H and O–H groups in total. The summed E-state index contributed by atoms with van der Waals surface area (Å²) in [6, 6.07) is 16.1. The number of thiophene rings is 1. The van der Waals surface area contributed by atoms with Crippen molar-refractivity contribution in [3.63, 3.8) is 0 Å². The number of carbonyl (C=O) groups is 1. The molecule has 33 heavy (non-hydrogen) atoms. The molecule has 1 aliphatic heterocycles. The number of nitrogens with one attached hydrogen (secondary N) is 1. The zero-order valence-electron chi connectivity index (χ0n) is 18.6. The lowest BCUT2D eigenvalue weighted by atomic mass is 10.0. The van der Waals surface area contributed by atoms with Gasteiger partial charge < -0.3 is 5.32 Å². The highest BCUT2D eigenvalue weighted by atomic mass is 32.2. The standard InChI is InChI=1S/C25H26FN3O2S2/c1-33(2,31)20-8-6-17(7-9-20)13-24(30)28-25-22(14-27)21-10-11-29(16-23(21)32-25)15-18-4-3-5-19(26)12-18/h3-9,12,33H,10-11,13,15-16H2,1-2H3,(H,28,30). The summed E-state index contributed by atoms with van der Waals surface area (Å²) in [6.07, 6.45) is 4.33. The molecule has 0 saturated heterocycles. The van der Waals surface area contributed by atoms with Crippen LogP contribution in [0.1, 0.15) is 27.1 Å². The molecule has 2 aromatic carbocycles. The zero-order chi connectivity index (χ0) is 23.6. The first-order valence-corrected chi connectivity index (χ1v) is 14.1. The Bertz CT molecular complexity index is 1270. The summed E-state index contributed by atoms with van der Waals surface area (Å²) >= 11 is 1.44. The summed E-state index contributed by atoms with van der Waals surface area (Å²) in [5.74, 6) is -0.434. The van der Waals surface area contributed by atoms with Crippen molar-refractivity contribution in [2.24, 2.45) is 0 Å². The van der Waals surface area contributed by atoms with Crippen molar-refractivity contribution in [2.45, 2.75) is 30.8 Å². The second kappa shape index (κ2) is 9.56. The van der Waals surface area contributed by atoms with E-state index in [1.54, 1.807) is 36.8 Å². The Hall–Kier alpha value is -2.86. The second-order valence-corrected chi connectivity index (χ2v) is 13.0. The number of rotatable bonds is 6. The van der Waals surface area contributed by atoms with Gasteiger partial charge in [0.15, 0.2) is 0 Å². The maximum atomic E-state index is 13.5. The molecule has 5 nitrogen and oxygen atoms in total. The molecule has 0 radical (unpaired) electrons. The van der Waals surface area contributed by atoms with E-state index in [0.29, 0.717) is 23.7 Å². The molecule has 172 valence electrons. The van der Waals surface area contributed by atoms with Gasteiger partial charge in [-0.25, -0.2) is 4.39 Å². The molecule has 1 aromatic heterocycles. The van der Waals surface area contributed by atoms with E-state index in [-0.39, 0.29) is 18.1 Å². The number of nitrogens with zero attached hydrogens (tertiary/aromatic N) is 2. The second-order valence-electron chi connectivity index (χ2n) is 8.65. The van der Waals surface area contributed by atoms with E-state index in [9.17, 15) is 18.7 Å². The molecule has 0 bridgehead atoms. The van der Waals surface area contributed by atoms with E-state index in [2.05, 4.69) is 16.3 Å². The SMILES string of the molecule is C[SH](C)(=O)c1ccc(CC(=O)Nc2sc3c(c2C#N)CCN(Cc2cccc(F)c2)C3)cc1. The van der Waals surface area contributed by atoms with Gasteiger partial charge in [0.25, 0.3) is 0 Å². The number of hydrogen-bond acceptors (Lipinski definition) is 5. The van der Waals surface area contributed by atoms with Crippen LogP contribution in [0.25, 0.3) is 0 Å². The van der Waals surface area contributed by atoms with Crippen LogP contribution in [-0.4, -0.2) is 34.1 Å². The van der Waals surface area contributed by atoms with E-state index in [1.807, 2.05) is 18.2 Å². The Morgan fingerprint density at radius 2 is 1.97 bits per heavy atom. The minimum absolute atomic E-state index is 0.178. The monoisotopic (exact) mass is 483 g/mol. The molecule has 8 heteroatoms. The summed E-state index contributed by atoms with van der Waals surface area (Å²) in [5, 5.41) is 13.2. The number of anilines is 1. The molecule has 3 aromatic rings. The van der Waals surface area contributed by atoms with Crippen molar-refractivity contribution in [3.05, 3.63) is 81.5 Å². The number of carbonyl (C=O) groups excluding carboxylic acids is 1. The lowest BCUT2D eigenvalue weighted by Crippen LogP contribution is -2.29. The number of hydrogen-bond donors (Lipinski definition) is 2. The van der Waals surface area contributed by atoms with Crippen molar-refractivity contribution >= 4 is 32.2 Å². The molecule has 1 amide bonds. The molecular formula is C25H26FN3O2S2. The minimum atomic E-state index is -2.33. The molecule has 2 heterocycles. The van der Waals surface area contributed by atoms with Crippen LogP contribution in [0.3, 0.4) is 0 Å². The molecule has 0 spiro atoms. The van der Waals surface area contributed by atoms with Crippen LogP contribution in [0.15, 0.2) is 53.4 Å². The highest BCUT2D eigenvalue weighted by Crippen LogP contribution is 2.37. The van der Waals surface area contributed by atoms with Crippen LogP contribution in [-0.2, 0) is 40.7 Å². The van der Waals surface area contributed by atoms with Crippen LogP contribution in [0, 0.1) is 17.1 Å². The summed E-state index contributed by atoms with van der Waals surface area (Å²) in [4.78, 5) is 16.7. The number of benzene rings is 2. The smallest absolute Gasteiger partial charge is 0.229 e. The third kappa shape index (κ3) is 5.56. The van der Waals surface area contributed by atoms with Crippen LogP contribution >= 0.6 is 11.3 Å². The van der Waals surface area contributed by atoms with Gasteiger partial charge in [-0.2, -0.15) is 5.26 Å². The number of fused-ring (bicyclic) bond motifs is 1. The Morgan fingerprint density at radius 1 is 1.21 bits per heavy atom. The highest BCUT2D eigenvalue weighted by molar-refractivity contribution is 8.01. The number of amides is 1. The summed E-state index contributed by atoms with van der Waals surface area (Å²) < 4.78 is 25.7. The molecule has 0 saturated carbocycles.